The summed E-state index contributed by atoms with van der Waals surface area (Å²) in [6, 6.07) is 6.38. The Morgan fingerprint density at radius 1 is 1.25 bits per heavy atom. The summed E-state index contributed by atoms with van der Waals surface area (Å²) in [6.45, 7) is 8.44. The van der Waals surface area contributed by atoms with Crippen molar-refractivity contribution in [2.75, 3.05) is 0 Å². The van der Waals surface area contributed by atoms with Gasteiger partial charge in [0.1, 0.15) is 0 Å². The molecule has 2 heteroatoms. The molecule has 0 fully saturated rings. The molecular formula is C14H19ClO. The van der Waals surface area contributed by atoms with E-state index in [-0.39, 0.29) is 11.2 Å². The second-order valence-electron chi connectivity index (χ2n) is 4.75. The van der Waals surface area contributed by atoms with Gasteiger partial charge in [-0.2, -0.15) is 0 Å². The third-order valence-corrected chi connectivity index (χ3v) is 3.30. The van der Waals surface area contributed by atoms with Gasteiger partial charge in [0.2, 0.25) is 5.24 Å². The van der Waals surface area contributed by atoms with Crippen LogP contribution in [0.2, 0.25) is 0 Å². The maximum absolute atomic E-state index is 11.0. The second-order valence-corrected chi connectivity index (χ2v) is 5.18. The molecule has 1 atom stereocenters. The number of carbonyl (C=O) groups is 1. The summed E-state index contributed by atoms with van der Waals surface area (Å²) in [7, 11) is 0. The number of benzene rings is 1. The van der Waals surface area contributed by atoms with Crippen molar-refractivity contribution in [3.8, 4) is 0 Å². The first kappa shape index (κ1) is 13.2. The summed E-state index contributed by atoms with van der Waals surface area (Å²) >= 11 is 5.50. The predicted molar refractivity (Wildman–Crippen MR) is 69.0 cm³/mol. The highest BCUT2D eigenvalue weighted by Gasteiger charge is 2.18. The van der Waals surface area contributed by atoms with Crippen LogP contribution in [0, 0.1) is 19.8 Å². The van der Waals surface area contributed by atoms with Gasteiger partial charge < -0.3 is 0 Å². The zero-order valence-corrected chi connectivity index (χ0v) is 11.1. The smallest absolute Gasteiger partial charge is 0.222 e. The number of aryl methyl sites for hydroxylation is 2. The molecule has 1 unspecified atom stereocenters. The first-order chi connectivity index (χ1) is 7.41. The van der Waals surface area contributed by atoms with Crippen molar-refractivity contribution in [2.45, 2.75) is 40.0 Å². The lowest BCUT2D eigenvalue weighted by Gasteiger charge is -2.20. The minimum absolute atomic E-state index is 0.226. The van der Waals surface area contributed by atoms with Gasteiger partial charge in [-0.3, -0.25) is 4.79 Å². The molecular weight excluding hydrogens is 220 g/mol. The first-order valence-corrected chi connectivity index (χ1v) is 6.05. The van der Waals surface area contributed by atoms with Crippen molar-refractivity contribution in [3.05, 3.63) is 34.9 Å². The van der Waals surface area contributed by atoms with Crippen molar-refractivity contribution in [2.24, 2.45) is 5.92 Å². The Labute approximate surface area is 103 Å². The van der Waals surface area contributed by atoms with Crippen LogP contribution in [0.4, 0.5) is 0 Å². The van der Waals surface area contributed by atoms with Gasteiger partial charge in [0.15, 0.2) is 0 Å². The normalized spacial score (nSPS) is 12.9. The van der Waals surface area contributed by atoms with Gasteiger partial charge in [-0.05, 0) is 54.0 Å². The molecule has 0 saturated heterocycles. The summed E-state index contributed by atoms with van der Waals surface area (Å²) in [6.07, 6.45) is 0.418. The maximum atomic E-state index is 11.0. The van der Waals surface area contributed by atoms with Crippen LogP contribution in [0.3, 0.4) is 0 Å². The molecule has 0 aliphatic rings. The SMILES string of the molecule is Cc1ccc(C(CC(=O)Cl)C(C)C)cc1C. The molecule has 88 valence electrons. The second kappa shape index (κ2) is 5.49. The zero-order chi connectivity index (χ0) is 12.3. The Kier molecular flexibility index (Phi) is 4.55. The molecule has 0 N–H and O–H groups in total. The molecule has 0 radical (unpaired) electrons. The molecule has 0 aliphatic heterocycles. The Morgan fingerprint density at radius 2 is 1.88 bits per heavy atom. The van der Waals surface area contributed by atoms with E-state index in [1.54, 1.807) is 0 Å². The van der Waals surface area contributed by atoms with E-state index >= 15 is 0 Å². The standard InChI is InChI=1S/C14H19ClO/c1-9(2)13(8-14(15)16)12-6-5-10(3)11(4)7-12/h5-7,9,13H,8H2,1-4H3. The maximum Gasteiger partial charge on any atom is 0.222 e. The van der Waals surface area contributed by atoms with Crippen LogP contribution < -0.4 is 0 Å². The molecule has 1 nitrogen and oxygen atoms in total. The van der Waals surface area contributed by atoms with Crippen LogP contribution in [0.25, 0.3) is 0 Å². The molecule has 0 aliphatic carbocycles. The Hall–Kier alpha value is -0.820. The van der Waals surface area contributed by atoms with E-state index in [0.29, 0.717) is 12.3 Å². The van der Waals surface area contributed by atoms with Gasteiger partial charge >= 0.3 is 0 Å². The average molecular weight is 239 g/mol. The van der Waals surface area contributed by atoms with Crippen LogP contribution >= 0.6 is 11.6 Å². The van der Waals surface area contributed by atoms with E-state index in [1.165, 1.54) is 16.7 Å². The van der Waals surface area contributed by atoms with Crippen molar-refractivity contribution < 1.29 is 4.79 Å². The summed E-state index contributed by atoms with van der Waals surface area (Å²) < 4.78 is 0. The fourth-order valence-electron chi connectivity index (χ4n) is 1.91. The first-order valence-electron chi connectivity index (χ1n) is 5.67. The predicted octanol–water partition coefficient (Wildman–Crippen LogP) is 4.20. The minimum Gasteiger partial charge on any atom is -0.281 e. The quantitative estimate of drug-likeness (QED) is 0.719. The van der Waals surface area contributed by atoms with Crippen molar-refractivity contribution >= 4 is 16.8 Å². The van der Waals surface area contributed by atoms with Crippen LogP contribution in [0.1, 0.15) is 42.9 Å². The molecule has 1 rings (SSSR count). The third kappa shape index (κ3) is 3.34. The minimum atomic E-state index is -0.253. The topological polar surface area (TPSA) is 17.1 Å². The molecule has 0 amide bonds. The summed E-state index contributed by atoms with van der Waals surface area (Å²) in [5.74, 6) is 0.647. The number of hydrogen-bond acceptors (Lipinski definition) is 1. The highest BCUT2D eigenvalue weighted by Crippen LogP contribution is 2.29. The fraction of sp³-hybridized carbons (Fsp3) is 0.500. The number of hydrogen-bond donors (Lipinski definition) is 0. The highest BCUT2D eigenvalue weighted by molar-refractivity contribution is 6.63. The van der Waals surface area contributed by atoms with Gasteiger partial charge in [-0.25, -0.2) is 0 Å². The molecule has 0 saturated carbocycles. The lowest BCUT2D eigenvalue weighted by Crippen LogP contribution is -2.10. The lowest BCUT2D eigenvalue weighted by atomic mass is 9.85. The van der Waals surface area contributed by atoms with Crippen LogP contribution in [0.15, 0.2) is 18.2 Å². The molecule has 1 aromatic rings. The lowest BCUT2D eigenvalue weighted by molar-refractivity contribution is -0.112. The van der Waals surface area contributed by atoms with Crippen LogP contribution in [-0.2, 0) is 4.79 Å². The van der Waals surface area contributed by atoms with Crippen molar-refractivity contribution in [3.63, 3.8) is 0 Å². The molecule has 16 heavy (non-hydrogen) atoms. The van der Waals surface area contributed by atoms with Gasteiger partial charge in [0.05, 0.1) is 0 Å². The largest absolute Gasteiger partial charge is 0.281 e. The summed E-state index contributed by atoms with van der Waals surface area (Å²) in [5, 5.41) is -0.253. The number of carbonyl (C=O) groups excluding carboxylic acids is 1. The van der Waals surface area contributed by atoms with Crippen molar-refractivity contribution in [1.29, 1.82) is 0 Å². The van der Waals surface area contributed by atoms with E-state index in [2.05, 4.69) is 45.9 Å². The summed E-state index contributed by atoms with van der Waals surface area (Å²) in [5.41, 5.74) is 3.76. The monoisotopic (exact) mass is 238 g/mol. The highest BCUT2D eigenvalue weighted by atomic mass is 35.5. The van der Waals surface area contributed by atoms with E-state index in [9.17, 15) is 4.79 Å². The van der Waals surface area contributed by atoms with E-state index in [0.717, 1.165) is 0 Å². The van der Waals surface area contributed by atoms with E-state index < -0.39 is 0 Å². The Balaban J connectivity index is 3.01. The Morgan fingerprint density at radius 3 is 2.31 bits per heavy atom. The van der Waals surface area contributed by atoms with Gasteiger partial charge in [0.25, 0.3) is 0 Å². The van der Waals surface area contributed by atoms with E-state index in [1.807, 2.05) is 0 Å². The zero-order valence-electron chi connectivity index (χ0n) is 10.4. The molecule has 0 heterocycles. The number of halogens is 1. The molecule has 0 aromatic heterocycles. The van der Waals surface area contributed by atoms with Gasteiger partial charge in [0, 0.05) is 6.42 Å². The number of rotatable bonds is 4. The molecule has 0 bridgehead atoms. The Bertz CT molecular complexity index is 382. The average Bonchev–Trinajstić information content (AvgIpc) is 2.18. The van der Waals surface area contributed by atoms with Crippen LogP contribution in [0.5, 0.6) is 0 Å². The van der Waals surface area contributed by atoms with Gasteiger partial charge in [-0.15, -0.1) is 0 Å². The molecule has 1 aromatic carbocycles. The van der Waals surface area contributed by atoms with Gasteiger partial charge in [-0.1, -0.05) is 32.0 Å². The van der Waals surface area contributed by atoms with Crippen LogP contribution in [-0.4, -0.2) is 5.24 Å². The fourth-order valence-corrected chi connectivity index (χ4v) is 2.07. The summed E-state index contributed by atoms with van der Waals surface area (Å²) in [4.78, 5) is 11.0. The van der Waals surface area contributed by atoms with Crippen molar-refractivity contribution in [1.82, 2.24) is 0 Å². The third-order valence-electron chi connectivity index (χ3n) is 3.14. The molecule has 0 spiro atoms. The van der Waals surface area contributed by atoms with E-state index in [4.69, 9.17) is 11.6 Å².